The predicted molar refractivity (Wildman–Crippen MR) is 130 cm³/mol. The van der Waals surface area contributed by atoms with E-state index in [9.17, 15) is 0 Å². The Hall–Kier alpha value is -2.88. The molecular weight excluding hydrogens is 380 g/mol. The number of likely N-dealkylation sites (N-methyl/N-ethyl adjacent to an activating group) is 1. The average molecular weight is 415 g/mol. The molecule has 2 aliphatic heterocycles. The van der Waals surface area contributed by atoms with Crippen molar-refractivity contribution in [1.82, 2.24) is 14.8 Å². The van der Waals surface area contributed by atoms with E-state index in [4.69, 9.17) is 4.99 Å². The first-order valence-electron chi connectivity index (χ1n) is 11.5. The minimum atomic E-state index is 0.302. The van der Waals surface area contributed by atoms with Crippen LogP contribution in [-0.2, 0) is 0 Å². The highest BCUT2D eigenvalue weighted by atomic mass is 15.4. The van der Waals surface area contributed by atoms with Crippen LogP contribution in [0, 0.1) is 5.41 Å². The third-order valence-electron chi connectivity index (χ3n) is 6.96. The SMILES string of the molecule is C=C1C=C(c2ccncc2)N=C(N2CC(c3ccccc3)CC(CC)(CCC)C2)N1C. The Balaban J connectivity index is 1.72. The molecule has 1 aromatic heterocycles. The van der Waals surface area contributed by atoms with Gasteiger partial charge in [0.1, 0.15) is 0 Å². The van der Waals surface area contributed by atoms with E-state index >= 15 is 0 Å². The quantitative estimate of drug-likeness (QED) is 0.608. The fourth-order valence-corrected chi connectivity index (χ4v) is 5.18. The van der Waals surface area contributed by atoms with Gasteiger partial charge >= 0.3 is 0 Å². The Morgan fingerprint density at radius 2 is 1.84 bits per heavy atom. The van der Waals surface area contributed by atoms with Crippen molar-refractivity contribution in [3.05, 3.63) is 84.3 Å². The smallest absolute Gasteiger partial charge is 0.206 e. The second-order valence-electron chi connectivity index (χ2n) is 9.02. The first-order valence-corrected chi connectivity index (χ1v) is 11.5. The lowest BCUT2D eigenvalue weighted by molar-refractivity contribution is 0.0968. The van der Waals surface area contributed by atoms with E-state index in [0.717, 1.165) is 36.0 Å². The van der Waals surface area contributed by atoms with Crippen LogP contribution in [0.2, 0.25) is 0 Å². The number of rotatable bonds is 5. The summed E-state index contributed by atoms with van der Waals surface area (Å²) in [5, 5.41) is 0. The minimum absolute atomic E-state index is 0.302. The summed E-state index contributed by atoms with van der Waals surface area (Å²) < 4.78 is 0. The molecule has 2 aliphatic rings. The molecular formula is C27H34N4. The van der Waals surface area contributed by atoms with Gasteiger partial charge < -0.3 is 9.80 Å². The first-order chi connectivity index (χ1) is 15.0. The number of pyridine rings is 1. The molecule has 0 aliphatic carbocycles. The monoisotopic (exact) mass is 414 g/mol. The van der Waals surface area contributed by atoms with Crippen molar-refractivity contribution in [2.45, 2.75) is 45.4 Å². The maximum Gasteiger partial charge on any atom is 0.206 e. The molecule has 162 valence electrons. The predicted octanol–water partition coefficient (Wildman–Crippen LogP) is 5.92. The summed E-state index contributed by atoms with van der Waals surface area (Å²) in [6.07, 6.45) is 10.6. The summed E-state index contributed by atoms with van der Waals surface area (Å²) in [5.74, 6) is 1.51. The zero-order chi connectivity index (χ0) is 21.8. The molecule has 2 unspecified atom stereocenters. The lowest BCUT2D eigenvalue weighted by Crippen LogP contribution is -2.53. The minimum Gasteiger partial charge on any atom is -0.341 e. The average Bonchev–Trinajstić information content (AvgIpc) is 2.82. The second-order valence-corrected chi connectivity index (χ2v) is 9.02. The van der Waals surface area contributed by atoms with Gasteiger partial charge in [-0.15, -0.1) is 0 Å². The fraction of sp³-hybridized carbons (Fsp3) is 0.407. The Labute approximate surface area is 187 Å². The number of guanidine groups is 1. The summed E-state index contributed by atoms with van der Waals surface area (Å²) in [4.78, 5) is 14.0. The van der Waals surface area contributed by atoms with Crippen molar-refractivity contribution in [1.29, 1.82) is 0 Å². The largest absolute Gasteiger partial charge is 0.341 e. The summed E-state index contributed by atoms with van der Waals surface area (Å²) >= 11 is 0. The Kier molecular flexibility index (Phi) is 6.26. The molecule has 1 fully saturated rings. The summed E-state index contributed by atoms with van der Waals surface area (Å²) in [5.41, 5.74) is 4.74. The molecule has 0 N–H and O–H groups in total. The molecule has 4 rings (SSSR count). The molecule has 31 heavy (non-hydrogen) atoms. The lowest BCUT2D eigenvalue weighted by Gasteiger charge is -2.49. The van der Waals surface area contributed by atoms with E-state index in [1.54, 1.807) is 0 Å². The topological polar surface area (TPSA) is 31.7 Å². The van der Waals surface area contributed by atoms with E-state index in [-0.39, 0.29) is 0 Å². The van der Waals surface area contributed by atoms with Crippen molar-refractivity contribution in [2.75, 3.05) is 20.1 Å². The zero-order valence-electron chi connectivity index (χ0n) is 19.1. The number of allylic oxidation sites excluding steroid dienone is 1. The van der Waals surface area contributed by atoms with E-state index < -0.39 is 0 Å². The number of likely N-dealkylation sites (tertiary alicyclic amines) is 1. The van der Waals surface area contributed by atoms with Crippen LogP contribution < -0.4 is 0 Å². The first kappa shape index (κ1) is 21.4. The third-order valence-corrected chi connectivity index (χ3v) is 6.96. The number of aliphatic imine (C=N–C) groups is 1. The van der Waals surface area contributed by atoms with Gasteiger partial charge in [0.15, 0.2) is 0 Å². The van der Waals surface area contributed by atoms with Gasteiger partial charge in [0.25, 0.3) is 0 Å². The van der Waals surface area contributed by atoms with Crippen molar-refractivity contribution in [3.63, 3.8) is 0 Å². The van der Waals surface area contributed by atoms with Gasteiger partial charge in [0, 0.05) is 49.7 Å². The van der Waals surface area contributed by atoms with Crippen LogP contribution >= 0.6 is 0 Å². The van der Waals surface area contributed by atoms with Crippen LogP contribution in [0.3, 0.4) is 0 Å². The van der Waals surface area contributed by atoms with Gasteiger partial charge in [0.05, 0.1) is 5.70 Å². The molecule has 0 bridgehead atoms. The Morgan fingerprint density at radius 3 is 2.52 bits per heavy atom. The second kappa shape index (κ2) is 9.09. The number of piperidine rings is 1. The van der Waals surface area contributed by atoms with Crippen LogP contribution in [0.4, 0.5) is 0 Å². The molecule has 4 nitrogen and oxygen atoms in total. The summed E-state index contributed by atoms with van der Waals surface area (Å²) in [7, 11) is 2.08. The van der Waals surface area contributed by atoms with Crippen LogP contribution in [-0.4, -0.2) is 40.9 Å². The molecule has 1 aromatic carbocycles. The number of aromatic nitrogens is 1. The molecule has 2 aromatic rings. The molecule has 0 radical (unpaired) electrons. The fourth-order valence-electron chi connectivity index (χ4n) is 5.18. The molecule has 2 atom stereocenters. The van der Waals surface area contributed by atoms with Crippen molar-refractivity contribution < 1.29 is 0 Å². The maximum atomic E-state index is 5.14. The van der Waals surface area contributed by atoms with Crippen LogP contribution in [0.15, 0.2) is 78.2 Å². The normalized spacial score (nSPS) is 24.1. The van der Waals surface area contributed by atoms with Gasteiger partial charge in [-0.2, -0.15) is 0 Å². The number of hydrogen-bond donors (Lipinski definition) is 0. The van der Waals surface area contributed by atoms with Crippen molar-refractivity contribution >= 4 is 11.7 Å². The molecule has 3 heterocycles. The van der Waals surface area contributed by atoms with Gasteiger partial charge in [-0.05, 0) is 48.4 Å². The third kappa shape index (κ3) is 4.43. The molecule has 0 spiro atoms. The lowest BCUT2D eigenvalue weighted by atomic mass is 9.69. The number of hydrogen-bond acceptors (Lipinski definition) is 4. The molecule has 4 heteroatoms. The van der Waals surface area contributed by atoms with Gasteiger partial charge in [-0.25, -0.2) is 4.99 Å². The highest BCUT2D eigenvalue weighted by Crippen LogP contribution is 2.44. The van der Waals surface area contributed by atoms with Gasteiger partial charge in [-0.3, -0.25) is 4.98 Å². The van der Waals surface area contributed by atoms with Gasteiger partial charge in [-0.1, -0.05) is 57.2 Å². The molecule has 0 amide bonds. The number of benzene rings is 1. The van der Waals surface area contributed by atoms with E-state index in [0.29, 0.717) is 11.3 Å². The summed E-state index contributed by atoms with van der Waals surface area (Å²) in [6, 6.07) is 15.0. The summed E-state index contributed by atoms with van der Waals surface area (Å²) in [6.45, 7) is 11.0. The highest BCUT2D eigenvalue weighted by Gasteiger charge is 2.40. The van der Waals surface area contributed by atoms with E-state index in [1.807, 2.05) is 24.5 Å². The molecule has 1 saturated heterocycles. The van der Waals surface area contributed by atoms with Crippen LogP contribution in [0.5, 0.6) is 0 Å². The van der Waals surface area contributed by atoms with E-state index in [2.05, 4.69) is 78.7 Å². The maximum absolute atomic E-state index is 5.14. The standard InChI is InChI=1S/C27H34N4/c1-5-14-27(6-2)18-24(22-10-8-7-9-11-22)19-31(20-27)26-29-25(17-21(3)30(26)4)23-12-15-28-16-13-23/h7-13,15-17,24H,3,5-6,14,18-20H2,1-2,4H3. The van der Waals surface area contributed by atoms with Crippen molar-refractivity contribution in [2.24, 2.45) is 10.4 Å². The highest BCUT2D eigenvalue weighted by molar-refractivity contribution is 5.91. The van der Waals surface area contributed by atoms with Crippen LogP contribution in [0.25, 0.3) is 5.70 Å². The molecule has 0 saturated carbocycles. The number of nitrogens with zero attached hydrogens (tertiary/aromatic N) is 4. The van der Waals surface area contributed by atoms with E-state index in [1.165, 1.54) is 31.2 Å². The zero-order valence-corrected chi connectivity index (χ0v) is 19.1. The van der Waals surface area contributed by atoms with Crippen LogP contribution in [0.1, 0.15) is 56.6 Å². The Morgan fingerprint density at radius 1 is 1.10 bits per heavy atom. The Bertz CT molecular complexity index is 963. The van der Waals surface area contributed by atoms with Crippen molar-refractivity contribution in [3.8, 4) is 0 Å². The van der Waals surface area contributed by atoms with Gasteiger partial charge in [0.2, 0.25) is 5.96 Å².